The van der Waals surface area contributed by atoms with Gasteiger partial charge in [0.25, 0.3) is 0 Å². The van der Waals surface area contributed by atoms with Crippen molar-refractivity contribution in [1.82, 2.24) is 0 Å². The quantitative estimate of drug-likeness (QED) is 0.845. The molecule has 17 heavy (non-hydrogen) atoms. The van der Waals surface area contributed by atoms with Crippen molar-refractivity contribution in [1.29, 1.82) is 0 Å². The molecule has 1 amide bonds. The van der Waals surface area contributed by atoms with E-state index < -0.39 is 0 Å². The van der Waals surface area contributed by atoms with Crippen LogP contribution in [0.4, 0.5) is 10.1 Å². The van der Waals surface area contributed by atoms with Gasteiger partial charge in [-0.3, -0.25) is 4.79 Å². The fraction of sp³-hybridized carbons (Fsp3) is 0.462. The van der Waals surface area contributed by atoms with Gasteiger partial charge < -0.3 is 11.1 Å². The van der Waals surface area contributed by atoms with Crippen LogP contribution in [0.5, 0.6) is 0 Å². The average molecular weight is 238 g/mol. The molecule has 0 spiro atoms. The summed E-state index contributed by atoms with van der Waals surface area (Å²) in [4.78, 5) is 11.9. The molecule has 3 nitrogen and oxygen atoms in total. The molecule has 0 radical (unpaired) electrons. The van der Waals surface area contributed by atoms with Crippen molar-refractivity contribution in [2.75, 3.05) is 11.9 Å². The minimum absolute atomic E-state index is 0.156. The molecule has 0 fully saturated rings. The Balaban J connectivity index is 2.84. The lowest BCUT2D eigenvalue weighted by Crippen LogP contribution is -2.33. The van der Waals surface area contributed by atoms with Gasteiger partial charge in [-0.25, -0.2) is 4.39 Å². The Labute approximate surface area is 101 Å². The molecule has 0 aromatic heterocycles. The smallest absolute Gasteiger partial charge is 0.229 e. The summed E-state index contributed by atoms with van der Waals surface area (Å²) in [6, 6.07) is 4.63. The molecule has 1 rings (SSSR count). The van der Waals surface area contributed by atoms with Gasteiger partial charge in [-0.1, -0.05) is 19.9 Å². The number of benzene rings is 1. The van der Waals surface area contributed by atoms with Crippen LogP contribution >= 0.6 is 0 Å². The molecule has 0 aliphatic rings. The Morgan fingerprint density at radius 2 is 2.12 bits per heavy atom. The Bertz CT molecular complexity index is 404. The molecule has 0 aliphatic carbocycles. The van der Waals surface area contributed by atoms with Crippen molar-refractivity contribution in [3.05, 3.63) is 29.6 Å². The minimum Gasteiger partial charge on any atom is -0.330 e. The number of nitrogens with one attached hydrogen (secondary N) is 1. The summed E-state index contributed by atoms with van der Waals surface area (Å²) < 4.78 is 13.3. The van der Waals surface area contributed by atoms with Crippen molar-refractivity contribution in [3.8, 4) is 0 Å². The van der Waals surface area contributed by atoms with Gasteiger partial charge in [0.05, 0.1) is 5.92 Å². The zero-order chi connectivity index (χ0) is 13.0. The van der Waals surface area contributed by atoms with Gasteiger partial charge in [0.1, 0.15) is 5.82 Å². The summed E-state index contributed by atoms with van der Waals surface area (Å²) in [5.41, 5.74) is 6.51. The van der Waals surface area contributed by atoms with Crippen LogP contribution < -0.4 is 11.1 Å². The highest BCUT2D eigenvalue weighted by Gasteiger charge is 2.21. The molecule has 1 atom stereocenters. The molecule has 4 heteroatoms. The topological polar surface area (TPSA) is 55.1 Å². The number of halogens is 1. The van der Waals surface area contributed by atoms with E-state index in [0.717, 1.165) is 0 Å². The van der Waals surface area contributed by atoms with Gasteiger partial charge in [-0.15, -0.1) is 0 Å². The third-order valence-corrected chi connectivity index (χ3v) is 2.92. The van der Waals surface area contributed by atoms with E-state index in [1.807, 2.05) is 13.8 Å². The second kappa shape index (κ2) is 5.77. The Morgan fingerprint density at radius 1 is 1.47 bits per heavy atom. The van der Waals surface area contributed by atoms with E-state index in [-0.39, 0.29) is 30.1 Å². The van der Waals surface area contributed by atoms with Crippen LogP contribution in [0.2, 0.25) is 0 Å². The molecule has 0 saturated carbocycles. The summed E-state index contributed by atoms with van der Waals surface area (Å²) in [7, 11) is 0. The lowest BCUT2D eigenvalue weighted by molar-refractivity contribution is -0.120. The molecule has 3 N–H and O–H groups in total. The Morgan fingerprint density at radius 3 is 2.65 bits per heavy atom. The Hall–Kier alpha value is -1.42. The molecule has 1 unspecified atom stereocenters. The van der Waals surface area contributed by atoms with E-state index >= 15 is 0 Å². The number of hydrogen-bond acceptors (Lipinski definition) is 2. The summed E-state index contributed by atoms with van der Waals surface area (Å²) >= 11 is 0. The summed E-state index contributed by atoms with van der Waals surface area (Å²) in [5.74, 6) is -0.570. The monoisotopic (exact) mass is 238 g/mol. The van der Waals surface area contributed by atoms with Crippen LogP contribution in [0.3, 0.4) is 0 Å². The zero-order valence-electron chi connectivity index (χ0n) is 10.5. The van der Waals surface area contributed by atoms with E-state index in [9.17, 15) is 9.18 Å². The van der Waals surface area contributed by atoms with Crippen molar-refractivity contribution < 1.29 is 9.18 Å². The normalized spacial score (nSPS) is 12.6. The van der Waals surface area contributed by atoms with Crippen LogP contribution in [0.1, 0.15) is 19.4 Å². The predicted octanol–water partition coefficient (Wildman–Crippen LogP) is 2.30. The molecule has 1 aromatic rings. The number of rotatable bonds is 4. The van der Waals surface area contributed by atoms with Crippen molar-refractivity contribution in [2.24, 2.45) is 17.6 Å². The van der Waals surface area contributed by atoms with E-state index in [1.165, 1.54) is 6.07 Å². The Kier molecular flexibility index (Phi) is 4.63. The van der Waals surface area contributed by atoms with E-state index in [0.29, 0.717) is 11.3 Å². The van der Waals surface area contributed by atoms with E-state index in [2.05, 4.69) is 5.32 Å². The number of carbonyl (C=O) groups excluding carboxylic acids is 1. The maximum Gasteiger partial charge on any atom is 0.229 e. The minimum atomic E-state index is -0.323. The highest BCUT2D eigenvalue weighted by molar-refractivity contribution is 5.93. The van der Waals surface area contributed by atoms with Crippen molar-refractivity contribution >= 4 is 11.6 Å². The summed E-state index contributed by atoms with van der Waals surface area (Å²) in [6.07, 6.45) is 0. The first-order chi connectivity index (χ1) is 7.97. The van der Waals surface area contributed by atoms with Crippen LogP contribution in [-0.2, 0) is 4.79 Å². The molecule has 1 aromatic carbocycles. The third-order valence-electron chi connectivity index (χ3n) is 2.92. The summed E-state index contributed by atoms with van der Waals surface area (Å²) in [6.45, 7) is 5.81. The molecule has 0 aliphatic heterocycles. The summed E-state index contributed by atoms with van der Waals surface area (Å²) in [5, 5.41) is 2.72. The maximum absolute atomic E-state index is 13.3. The molecule has 0 heterocycles. The van der Waals surface area contributed by atoms with E-state index in [1.54, 1.807) is 19.1 Å². The van der Waals surface area contributed by atoms with Crippen LogP contribution in [-0.4, -0.2) is 12.5 Å². The van der Waals surface area contributed by atoms with Gasteiger partial charge in [0.15, 0.2) is 0 Å². The standard InChI is InChI=1S/C13H19FN2O/c1-8(2)10(7-15)13(17)16-12-6-4-5-11(14)9(12)3/h4-6,8,10H,7,15H2,1-3H3,(H,16,17). The van der Waals surface area contributed by atoms with Crippen molar-refractivity contribution in [2.45, 2.75) is 20.8 Å². The van der Waals surface area contributed by atoms with Gasteiger partial charge in [-0.05, 0) is 25.0 Å². The van der Waals surface area contributed by atoms with Gasteiger partial charge >= 0.3 is 0 Å². The highest BCUT2D eigenvalue weighted by atomic mass is 19.1. The zero-order valence-corrected chi connectivity index (χ0v) is 10.5. The number of carbonyl (C=O) groups is 1. The maximum atomic E-state index is 13.3. The van der Waals surface area contributed by atoms with Gasteiger partial charge in [0.2, 0.25) is 5.91 Å². The third kappa shape index (κ3) is 3.27. The first-order valence-electron chi connectivity index (χ1n) is 5.73. The predicted molar refractivity (Wildman–Crippen MR) is 67.1 cm³/mol. The lowest BCUT2D eigenvalue weighted by atomic mass is 9.95. The molecule has 0 saturated heterocycles. The van der Waals surface area contributed by atoms with E-state index in [4.69, 9.17) is 5.73 Å². The largest absolute Gasteiger partial charge is 0.330 e. The number of anilines is 1. The first-order valence-corrected chi connectivity index (χ1v) is 5.73. The van der Waals surface area contributed by atoms with Crippen LogP contribution in [0.15, 0.2) is 18.2 Å². The fourth-order valence-corrected chi connectivity index (χ4v) is 1.65. The SMILES string of the molecule is Cc1c(F)cccc1NC(=O)C(CN)C(C)C. The molecular weight excluding hydrogens is 219 g/mol. The second-order valence-corrected chi connectivity index (χ2v) is 4.49. The average Bonchev–Trinajstić information content (AvgIpc) is 2.25. The van der Waals surface area contributed by atoms with Crippen molar-refractivity contribution in [3.63, 3.8) is 0 Å². The molecule has 0 bridgehead atoms. The van der Waals surface area contributed by atoms with Crippen LogP contribution in [0, 0.1) is 24.6 Å². The first kappa shape index (κ1) is 13.6. The van der Waals surface area contributed by atoms with Gasteiger partial charge in [0, 0.05) is 17.8 Å². The van der Waals surface area contributed by atoms with Crippen LogP contribution in [0.25, 0.3) is 0 Å². The fourth-order valence-electron chi connectivity index (χ4n) is 1.65. The lowest BCUT2D eigenvalue weighted by Gasteiger charge is -2.19. The number of hydrogen-bond donors (Lipinski definition) is 2. The molecular formula is C13H19FN2O. The number of nitrogens with two attached hydrogens (primary N) is 1. The number of amides is 1. The van der Waals surface area contributed by atoms with Gasteiger partial charge in [-0.2, -0.15) is 0 Å². The highest BCUT2D eigenvalue weighted by Crippen LogP contribution is 2.19. The molecule has 94 valence electrons. The second-order valence-electron chi connectivity index (χ2n) is 4.49.